The van der Waals surface area contributed by atoms with Gasteiger partial charge in [0.15, 0.2) is 5.65 Å². The van der Waals surface area contributed by atoms with Crippen molar-refractivity contribution in [1.82, 2.24) is 19.9 Å². The first-order valence-electron chi connectivity index (χ1n) is 11.8. The molecule has 0 atom stereocenters. The van der Waals surface area contributed by atoms with Crippen LogP contribution in [0.5, 0.6) is 0 Å². The van der Waals surface area contributed by atoms with Crippen molar-refractivity contribution in [3.8, 4) is 0 Å². The molecule has 190 valence electrons. The highest BCUT2D eigenvalue weighted by atomic mass is 35.5. The molecule has 0 unspecified atom stereocenters. The molecule has 0 saturated carbocycles. The number of hydrogen-bond acceptors (Lipinski definition) is 6. The van der Waals surface area contributed by atoms with E-state index >= 15 is 0 Å². The fourth-order valence-electron chi connectivity index (χ4n) is 4.00. The van der Waals surface area contributed by atoms with E-state index in [2.05, 4.69) is 10.0 Å². The number of fused-ring (bicyclic) bond motifs is 2. The predicted molar refractivity (Wildman–Crippen MR) is 142 cm³/mol. The number of nitrogens with zero attached hydrogens (tertiary/aromatic N) is 3. The summed E-state index contributed by atoms with van der Waals surface area (Å²) < 4.78 is 36.7. The van der Waals surface area contributed by atoms with Crippen molar-refractivity contribution in [2.24, 2.45) is 0 Å². The Morgan fingerprint density at radius 2 is 1.76 bits per heavy atom. The van der Waals surface area contributed by atoms with E-state index in [9.17, 15) is 13.2 Å². The molecule has 5 rings (SSSR count). The van der Waals surface area contributed by atoms with Crippen LogP contribution in [0.3, 0.4) is 0 Å². The van der Waals surface area contributed by atoms with Crippen molar-refractivity contribution < 1.29 is 17.6 Å². The first-order valence-corrected chi connectivity index (χ1v) is 13.6. The van der Waals surface area contributed by atoms with E-state index in [1.54, 1.807) is 22.8 Å². The van der Waals surface area contributed by atoms with Gasteiger partial charge in [0.25, 0.3) is 15.9 Å². The van der Waals surface area contributed by atoms with Crippen LogP contribution in [0.15, 0.2) is 76.2 Å². The number of halogens is 1. The molecule has 11 heteroatoms. The molecule has 37 heavy (non-hydrogen) atoms. The summed E-state index contributed by atoms with van der Waals surface area (Å²) in [6.07, 6.45) is 3.19. The van der Waals surface area contributed by atoms with Crippen LogP contribution in [-0.4, -0.2) is 35.4 Å². The number of carbonyl (C=O) groups excluding carboxylic acids is 1. The zero-order chi connectivity index (χ0) is 26.0. The van der Waals surface area contributed by atoms with Crippen LogP contribution in [0.25, 0.3) is 22.2 Å². The second-order valence-corrected chi connectivity index (χ2v) is 10.6. The molecule has 0 radical (unpaired) electrons. The normalized spacial score (nSPS) is 11.7. The lowest BCUT2D eigenvalue weighted by atomic mass is 10.2. The first-order chi connectivity index (χ1) is 17.9. The lowest BCUT2D eigenvalue weighted by molar-refractivity contribution is 0.0955. The molecule has 0 aliphatic rings. The van der Waals surface area contributed by atoms with Crippen molar-refractivity contribution >= 4 is 55.5 Å². The minimum atomic E-state index is -4.10. The van der Waals surface area contributed by atoms with Crippen LogP contribution in [-0.2, 0) is 16.6 Å². The van der Waals surface area contributed by atoms with Gasteiger partial charge in [-0.3, -0.25) is 9.52 Å². The van der Waals surface area contributed by atoms with Crippen LogP contribution in [0, 0.1) is 0 Å². The highest BCUT2D eigenvalue weighted by Gasteiger charge is 2.29. The number of rotatable bonds is 9. The molecule has 9 nitrogen and oxygen atoms in total. The molecule has 0 aliphatic heterocycles. The average molecular weight is 538 g/mol. The molecule has 5 aromatic rings. The average Bonchev–Trinajstić information content (AvgIpc) is 3.49. The molecular weight excluding hydrogens is 514 g/mol. The summed E-state index contributed by atoms with van der Waals surface area (Å²) >= 11 is 5.96. The number of nitrogens with one attached hydrogen (secondary N) is 2. The molecule has 1 amide bonds. The van der Waals surface area contributed by atoms with Crippen molar-refractivity contribution in [2.45, 2.75) is 31.2 Å². The van der Waals surface area contributed by atoms with Gasteiger partial charge in [0.2, 0.25) is 0 Å². The second-order valence-electron chi connectivity index (χ2n) is 8.44. The van der Waals surface area contributed by atoms with Gasteiger partial charge in [-0.1, -0.05) is 37.1 Å². The van der Waals surface area contributed by atoms with Gasteiger partial charge in [0.1, 0.15) is 22.7 Å². The summed E-state index contributed by atoms with van der Waals surface area (Å²) in [5, 5.41) is 3.29. The van der Waals surface area contributed by atoms with Gasteiger partial charge in [0, 0.05) is 11.6 Å². The maximum Gasteiger partial charge on any atom is 0.263 e. The fourth-order valence-corrected chi connectivity index (χ4v) is 5.21. The number of anilines is 1. The third-order valence-electron chi connectivity index (χ3n) is 5.84. The number of amides is 1. The second kappa shape index (κ2) is 10.2. The van der Waals surface area contributed by atoms with E-state index < -0.39 is 15.9 Å². The third kappa shape index (κ3) is 5.03. The van der Waals surface area contributed by atoms with E-state index in [-0.39, 0.29) is 28.3 Å². The van der Waals surface area contributed by atoms with Crippen LogP contribution >= 0.6 is 11.6 Å². The molecule has 0 fully saturated rings. The first kappa shape index (κ1) is 24.8. The Morgan fingerprint density at radius 3 is 2.43 bits per heavy atom. The Labute approximate surface area is 218 Å². The van der Waals surface area contributed by atoms with Gasteiger partial charge in [-0.2, -0.15) is 0 Å². The maximum atomic E-state index is 13.5. The van der Waals surface area contributed by atoms with Crippen LogP contribution < -0.4 is 10.0 Å². The summed E-state index contributed by atoms with van der Waals surface area (Å²) in [7, 11) is -4.10. The molecule has 0 spiro atoms. The Bertz CT molecular complexity index is 1680. The number of hydrogen-bond donors (Lipinski definition) is 2. The zero-order valence-corrected chi connectivity index (χ0v) is 21.5. The minimum Gasteiger partial charge on any atom is -0.467 e. The Morgan fingerprint density at radius 1 is 1.03 bits per heavy atom. The Hall–Kier alpha value is -3.89. The fraction of sp³-hybridized carbons (Fsp3) is 0.192. The Kier molecular flexibility index (Phi) is 6.86. The number of benzene rings is 2. The molecule has 2 aromatic carbocycles. The van der Waals surface area contributed by atoms with E-state index in [1.807, 2.05) is 25.1 Å². The molecule has 3 heterocycles. The quantitative estimate of drug-likeness (QED) is 0.249. The van der Waals surface area contributed by atoms with E-state index in [4.69, 9.17) is 26.0 Å². The minimum absolute atomic E-state index is 0.00451. The van der Waals surface area contributed by atoms with Gasteiger partial charge in [-0.15, -0.1) is 0 Å². The SMILES string of the molecule is CCCCNC(=O)c1c(NS(=O)(=O)c2ccc(Cl)cc2)n(Cc2ccco2)c2nc3ccccc3nc12. The molecule has 0 saturated heterocycles. The van der Waals surface area contributed by atoms with Gasteiger partial charge in [-0.25, -0.2) is 18.4 Å². The summed E-state index contributed by atoms with van der Waals surface area (Å²) in [5.41, 5.74) is 1.92. The van der Waals surface area contributed by atoms with E-state index in [0.717, 1.165) is 12.8 Å². The standard InChI is InChI=1S/C26H24ClN5O4S/c1-2-3-14-28-26(33)22-23-25(30-21-9-5-4-8-20(21)29-23)32(16-18-7-6-15-36-18)24(22)31-37(34,35)19-12-10-17(27)11-13-19/h4-13,15,31H,2-3,14,16H2,1H3,(H,28,33). The van der Waals surface area contributed by atoms with Gasteiger partial charge in [-0.05, 0) is 55.0 Å². The van der Waals surface area contributed by atoms with Gasteiger partial charge < -0.3 is 14.3 Å². The third-order valence-corrected chi connectivity index (χ3v) is 7.45. The van der Waals surface area contributed by atoms with Crippen molar-refractivity contribution in [1.29, 1.82) is 0 Å². The van der Waals surface area contributed by atoms with E-state index in [0.29, 0.717) is 34.0 Å². The van der Waals surface area contributed by atoms with Crippen molar-refractivity contribution in [3.05, 3.63) is 83.3 Å². The summed E-state index contributed by atoms with van der Waals surface area (Å²) in [6.45, 7) is 2.58. The molecule has 3 aromatic heterocycles. The smallest absolute Gasteiger partial charge is 0.263 e. The molecule has 2 N–H and O–H groups in total. The lowest BCUT2D eigenvalue weighted by Crippen LogP contribution is -2.26. The number of carbonyl (C=O) groups is 1. The topological polar surface area (TPSA) is 119 Å². The number of sulfonamides is 1. The number of furan rings is 1. The lowest BCUT2D eigenvalue weighted by Gasteiger charge is -2.14. The maximum absolute atomic E-state index is 13.5. The summed E-state index contributed by atoms with van der Waals surface area (Å²) in [4.78, 5) is 23.0. The highest BCUT2D eigenvalue weighted by Crippen LogP contribution is 2.32. The highest BCUT2D eigenvalue weighted by molar-refractivity contribution is 7.92. The number of unbranched alkanes of at least 4 members (excludes halogenated alkanes) is 1. The number of aromatic nitrogens is 3. The largest absolute Gasteiger partial charge is 0.467 e. The summed E-state index contributed by atoms with van der Waals surface area (Å²) in [6, 6.07) is 16.5. The van der Waals surface area contributed by atoms with E-state index in [1.165, 1.54) is 30.5 Å². The molecule has 0 aliphatic carbocycles. The van der Waals surface area contributed by atoms with Crippen LogP contribution in [0.4, 0.5) is 5.82 Å². The molecular formula is C26H24ClN5O4S. The number of para-hydroxylation sites is 2. The molecule has 0 bridgehead atoms. The van der Waals surface area contributed by atoms with Crippen molar-refractivity contribution in [3.63, 3.8) is 0 Å². The van der Waals surface area contributed by atoms with Crippen molar-refractivity contribution in [2.75, 3.05) is 11.3 Å². The monoisotopic (exact) mass is 537 g/mol. The van der Waals surface area contributed by atoms with Crippen LogP contribution in [0.1, 0.15) is 35.9 Å². The zero-order valence-electron chi connectivity index (χ0n) is 19.9. The predicted octanol–water partition coefficient (Wildman–Crippen LogP) is 5.21. The van der Waals surface area contributed by atoms with Crippen LogP contribution in [0.2, 0.25) is 5.02 Å². The van der Waals surface area contributed by atoms with Gasteiger partial charge in [0.05, 0.1) is 28.7 Å². The summed E-state index contributed by atoms with van der Waals surface area (Å²) in [5.74, 6) is 0.150. The van der Waals surface area contributed by atoms with Gasteiger partial charge >= 0.3 is 0 Å². The Balaban J connectivity index is 1.75.